The Kier molecular flexibility index (Phi) is 7.27. The molecule has 4 aliphatic rings. The van der Waals surface area contributed by atoms with Gasteiger partial charge in [0.15, 0.2) is 5.78 Å². The van der Waals surface area contributed by atoms with Crippen LogP contribution in [0.2, 0.25) is 0 Å². The van der Waals surface area contributed by atoms with E-state index >= 15 is 0 Å². The zero-order valence-electron chi connectivity index (χ0n) is 25.0. The van der Waals surface area contributed by atoms with Crippen molar-refractivity contribution in [1.29, 1.82) is 0 Å². The molecule has 8 atom stereocenters. The van der Waals surface area contributed by atoms with Gasteiger partial charge in [0.1, 0.15) is 29.6 Å². The molecule has 4 heterocycles. The van der Waals surface area contributed by atoms with Gasteiger partial charge in [0, 0.05) is 36.1 Å². The summed E-state index contributed by atoms with van der Waals surface area (Å²) in [6, 6.07) is 0.495. The predicted octanol–water partition coefficient (Wildman–Crippen LogP) is 4.80. The van der Waals surface area contributed by atoms with E-state index in [1.807, 2.05) is 44.4 Å². The third-order valence-electron chi connectivity index (χ3n) is 10.0. The minimum Gasteiger partial charge on any atom is -0.488 e. The Morgan fingerprint density at radius 3 is 2.63 bits per heavy atom. The van der Waals surface area contributed by atoms with Crippen LogP contribution < -0.4 is 10.1 Å². The topological polar surface area (TPSA) is 102 Å². The molecule has 2 aromatic heterocycles. The molecule has 222 valence electrons. The van der Waals surface area contributed by atoms with Crippen LogP contribution in [0.4, 0.5) is 4.79 Å². The van der Waals surface area contributed by atoms with E-state index in [0.717, 1.165) is 55.5 Å². The molecule has 2 bridgehead atoms. The highest BCUT2D eigenvalue weighted by Gasteiger charge is 2.55. The fraction of sp³-hybridized carbons (Fsp3) is 0.688. The Hall–Kier alpha value is -3.10. The van der Waals surface area contributed by atoms with Crippen LogP contribution in [0, 0.1) is 29.1 Å². The molecule has 1 N–H and O–H groups in total. The van der Waals surface area contributed by atoms with Gasteiger partial charge in [-0.05, 0) is 62.2 Å². The first kappa shape index (κ1) is 28.0. The van der Waals surface area contributed by atoms with Gasteiger partial charge in [-0.3, -0.25) is 9.59 Å². The standard InChI is InChI=1S/C32H44N4O5/c1-18-26-17-36(28(18)19(2)37)30(38)29(32(3,4)5)34-31(39)41-25-14-21-13-23(21)22(25)10-8-6-7-9-20-16-35-12-11-33-27(35)15-24(20)40-26/h11-12,15-16,18,21-23,25-26,28-29H,6-10,13-14,17H2,1-5H3,(H,34,39)/t18-,21?,22-,23?,25-,26+,28+,29-/m1/s1. The van der Waals surface area contributed by atoms with Crippen molar-refractivity contribution in [2.75, 3.05) is 6.54 Å². The number of hydrogen-bond donors (Lipinski definition) is 1. The first-order valence-electron chi connectivity index (χ1n) is 15.4. The number of ketones is 1. The molecule has 9 heteroatoms. The highest BCUT2D eigenvalue weighted by molar-refractivity contribution is 5.92. The molecule has 2 aromatic rings. The molecule has 0 radical (unpaired) electrons. The van der Waals surface area contributed by atoms with Crippen molar-refractivity contribution in [2.45, 2.75) is 104 Å². The zero-order valence-corrected chi connectivity index (χ0v) is 25.0. The third-order valence-corrected chi connectivity index (χ3v) is 10.0. The van der Waals surface area contributed by atoms with Gasteiger partial charge in [-0.1, -0.05) is 40.5 Å². The van der Waals surface area contributed by atoms with E-state index in [0.29, 0.717) is 17.8 Å². The number of hydrogen-bond acceptors (Lipinski definition) is 6. The number of nitrogens with zero attached hydrogens (tertiary/aromatic N) is 3. The van der Waals surface area contributed by atoms with Crippen LogP contribution in [0.1, 0.15) is 78.7 Å². The monoisotopic (exact) mass is 564 g/mol. The van der Waals surface area contributed by atoms with E-state index in [1.165, 1.54) is 13.3 Å². The SMILES string of the molecule is CC(=O)[C@@H]1[C@H](C)[C@@H]2CN1C(=O)[C@H](C(C)(C)C)NC(=O)O[C@@H]1CC3CC3[C@H]1CCCCCc1cn3ccnc3cc1O2. The minimum atomic E-state index is -0.840. The van der Waals surface area contributed by atoms with Gasteiger partial charge in [-0.15, -0.1) is 0 Å². The fourth-order valence-electron chi connectivity index (χ4n) is 7.70. The molecule has 0 aromatic carbocycles. The van der Waals surface area contributed by atoms with Gasteiger partial charge in [0.05, 0.1) is 12.6 Å². The van der Waals surface area contributed by atoms with Crippen molar-refractivity contribution in [3.63, 3.8) is 0 Å². The second kappa shape index (κ2) is 10.6. The molecule has 9 nitrogen and oxygen atoms in total. The van der Waals surface area contributed by atoms with Crippen molar-refractivity contribution in [1.82, 2.24) is 19.6 Å². The number of alkyl carbamates (subject to hydrolysis) is 1. The fourth-order valence-corrected chi connectivity index (χ4v) is 7.70. The number of Topliss-reactive ketones (excluding diaryl/α,β-unsaturated/α-hetero) is 1. The Morgan fingerprint density at radius 1 is 1.07 bits per heavy atom. The Labute approximate surface area is 242 Å². The number of amides is 2. The van der Waals surface area contributed by atoms with Gasteiger partial charge in [-0.25, -0.2) is 9.78 Å². The molecule has 2 saturated carbocycles. The van der Waals surface area contributed by atoms with Crippen LogP contribution in [0.25, 0.3) is 5.65 Å². The summed E-state index contributed by atoms with van der Waals surface area (Å²) in [7, 11) is 0. The first-order chi connectivity index (χ1) is 19.5. The second-order valence-electron chi connectivity index (χ2n) is 14.0. The summed E-state index contributed by atoms with van der Waals surface area (Å²) in [5.41, 5.74) is 1.32. The lowest BCUT2D eigenvalue weighted by molar-refractivity contribution is -0.141. The number of pyridine rings is 1. The maximum absolute atomic E-state index is 14.2. The maximum atomic E-state index is 14.2. The largest absolute Gasteiger partial charge is 0.488 e. The number of ether oxygens (including phenoxy) is 2. The highest BCUT2D eigenvalue weighted by Crippen LogP contribution is 2.57. The van der Waals surface area contributed by atoms with Gasteiger partial charge in [0.25, 0.3) is 0 Å². The third kappa shape index (κ3) is 5.44. The van der Waals surface area contributed by atoms with Crippen LogP contribution in [0.15, 0.2) is 24.7 Å². The number of fused-ring (bicyclic) bond motifs is 7. The van der Waals surface area contributed by atoms with Crippen LogP contribution >= 0.6 is 0 Å². The van der Waals surface area contributed by atoms with Crippen LogP contribution in [-0.2, 0) is 20.7 Å². The zero-order chi connectivity index (χ0) is 29.1. The molecule has 2 amide bonds. The maximum Gasteiger partial charge on any atom is 0.408 e. The van der Waals surface area contributed by atoms with Gasteiger partial charge < -0.3 is 24.1 Å². The van der Waals surface area contributed by atoms with E-state index < -0.39 is 23.6 Å². The van der Waals surface area contributed by atoms with E-state index in [9.17, 15) is 14.4 Å². The van der Waals surface area contributed by atoms with E-state index in [2.05, 4.69) is 16.5 Å². The molecule has 2 unspecified atom stereocenters. The number of carbonyl (C=O) groups is 3. The number of aryl methyl sites for hydroxylation is 1. The number of rotatable bonds is 1. The number of aromatic nitrogens is 2. The molecule has 0 spiro atoms. The van der Waals surface area contributed by atoms with Crippen molar-refractivity contribution in [3.8, 4) is 5.75 Å². The summed E-state index contributed by atoms with van der Waals surface area (Å²) in [5.74, 6) is 1.88. The molecule has 41 heavy (non-hydrogen) atoms. The average Bonchev–Trinajstić information content (AvgIpc) is 3.20. The van der Waals surface area contributed by atoms with Crippen LogP contribution in [0.5, 0.6) is 5.75 Å². The van der Waals surface area contributed by atoms with Gasteiger partial charge >= 0.3 is 6.09 Å². The highest BCUT2D eigenvalue weighted by atomic mass is 16.6. The lowest BCUT2D eigenvalue weighted by Crippen LogP contribution is -2.57. The number of nitrogens with one attached hydrogen (secondary N) is 1. The summed E-state index contributed by atoms with van der Waals surface area (Å²) in [5, 5.41) is 2.93. The summed E-state index contributed by atoms with van der Waals surface area (Å²) >= 11 is 0. The molecule has 2 aliphatic carbocycles. The summed E-state index contributed by atoms with van der Waals surface area (Å²) < 4.78 is 14.7. The smallest absolute Gasteiger partial charge is 0.408 e. The Morgan fingerprint density at radius 2 is 1.88 bits per heavy atom. The first-order valence-corrected chi connectivity index (χ1v) is 15.4. The van der Waals surface area contributed by atoms with E-state index in [-0.39, 0.29) is 36.4 Å². The summed E-state index contributed by atoms with van der Waals surface area (Å²) in [6.45, 7) is 9.55. The molecule has 2 aliphatic heterocycles. The van der Waals surface area contributed by atoms with E-state index in [4.69, 9.17) is 9.47 Å². The van der Waals surface area contributed by atoms with Crippen molar-refractivity contribution < 1.29 is 23.9 Å². The lowest BCUT2D eigenvalue weighted by atomic mass is 9.85. The van der Waals surface area contributed by atoms with Crippen molar-refractivity contribution in [2.24, 2.45) is 29.1 Å². The predicted molar refractivity (Wildman–Crippen MR) is 153 cm³/mol. The van der Waals surface area contributed by atoms with Crippen molar-refractivity contribution >= 4 is 23.4 Å². The Balaban J connectivity index is 1.34. The molecule has 1 saturated heterocycles. The summed E-state index contributed by atoms with van der Waals surface area (Å²) in [4.78, 5) is 46.4. The lowest BCUT2D eigenvalue weighted by Gasteiger charge is -2.35. The number of imidazole rings is 1. The Bertz CT molecular complexity index is 1330. The second-order valence-corrected chi connectivity index (χ2v) is 14.0. The quantitative estimate of drug-likeness (QED) is 0.534. The minimum absolute atomic E-state index is 0.0879. The number of carbonyl (C=O) groups excluding carboxylic acids is 3. The van der Waals surface area contributed by atoms with Crippen LogP contribution in [-0.4, -0.2) is 62.9 Å². The normalized spacial score (nSPS) is 34.4. The average molecular weight is 565 g/mol. The molecular weight excluding hydrogens is 520 g/mol. The molecule has 6 rings (SSSR count). The van der Waals surface area contributed by atoms with E-state index in [1.54, 1.807) is 11.1 Å². The van der Waals surface area contributed by atoms with Crippen LogP contribution in [0.3, 0.4) is 0 Å². The molecular formula is C32H44N4O5. The summed E-state index contributed by atoms with van der Waals surface area (Å²) in [6.07, 6.45) is 12.1. The van der Waals surface area contributed by atoms with Gasteiger partial charge in [0.2, 0.25) is 5.91 Å². The van der Waals surface area contributed by atoms with Crippen molar-refractivity contribution in [3.05, 3.63) is 30.2 Å². The molecule has 3 fully saturated rings. The van der Waals surface area contributed by atoms with Gasteiger partial charge in [-0.2, -0.15) is 0 Å².